The first-order valence-electron chi connectivity index (χ1n) is 7.79. The first-order valence-corrected chi connectivity index (χ1v) is 7.79. The molecular weight excluding hydrogens is 306 g/mol. The van der Waals surface area contributed by atoms with Gasteiger partial charge in [0.15, 0.2) is 11.6 Å². The predicted molar refractivity (Wildman–Crippen MR) is 90.2 cm³/mol. The van der Waals surface area contributed by atoms with Crippen LogP contribution in [0.5, 0.6) is 0 Å². The van der Waals surface area contributed by atoms with Crippen LogP contribution in [0.25, 0.3) is 0 Å². The van der Waals surface area contributed by atoms with Gasteiger partial charge in [-0.25, -0.2) is 4.79 Å². The Morgan fingerprint density at radius 3 is 2.25 bits per heavy atom. The molecule has 0 radical (unpaired) electrons. The number of nitrogens with zero attached hydrogens (tertiary/aromatic N) is 1. The molecule has 1 aromatic rings. The van der Waals surface area contributed by atoms with Crippen molar-refractivity contribution in [2.75, 3.05) is 6.54 Å². The van der Waals surface area contributed by atoms with Gasteiger partial charge in [0.2, 0.25) is 0 Å². The second kappa shape index (κ2) is 7.68. The van der Waals surface area contributed by atoms with E-state index in [1.165, 1.54) is 0 Å². The van der Waals surface area contributed by atoms with Crippen LogP contribution >= 0.6 is 0 Å². The van der Waals surface area contributed by atoms with Gasteiger partial charge in [0.05, 0.1) is 0 Å². The summed E-state index contributed by atoms with van der Waals surface area (Å²) in [6, 6.07) is 3.32. The molecule has 0 aliphatic heterocycles. The average molecular weight is 327 g/mol. The lowest BCUT2D eigenvalue weighted by Gasteiger charge is -2.18. The molecule has 6 heteroatoms. The Hall–Kier alpha value is -2.76. The Morgan fingerprint density at radius 2 is 1.58 bits per heavy atom. The minimum absolute atomic E-state index is 0.0933. The molecule has 126 valence electrons. The molecule has 0 saturated heterocycles. The highest BCUT2D eigenvalue weighted by Gasteiger charge is 2.27. The standard InChI is InChI=1S/C18H21N3O3/c1-11-12(2)17(23)15(13(3)16(11)22)6-9-20-18(24)21-10-14-4-7-19-8-5-14/h4-5,7-8H,6,9-10H2,1-3H3,(H2,20,21,24). The SMILES string of the molecule is CC1=C(C)C(=O)C(CCNC(=O)NCc2ccncc2)=C(C)C1=O. The molecular formula is C18H21N3O3. The summed E-state index contributed by atoms with van der Waals surface area (Å²) in [6.45, 7) is 5.68. The third kappa shape index (κ3) is 3.95. The number of allylic oxidation sites excluding steroid dienone is 3. The lowest BCUT2D eigenvalue weighted by molar-refractivity contribution is -0.116. The normalized spacial score (nSPS) is 15.0. The van der Waals surface area contributed by atoms with Crippen LogP contribution in [-0.4, -0.2) is 29.1 Å². The smallest absolute Gasteiger partial charge is 0.315 e. The number of hydrogen-bond acceptors (Lipinski definition) is 4. The second-order valence-corrected chi connectivity index (χ2v) is 5.73. The quantitative estimate of drug-likeness (QED) is 0.811. The number of ketones is 2. The van der Waals surface area contributed by atoms with E-state index in [1.54, 1.807) is 33.2 Å². The Kier molecular flexibility index (Phi) is 5.63. The average Bonchev–Trinajstić information content (AvgIpc) is 2.60. The Labute approximate surface area is 141 Å². The maximum Gasteiger partial charge on any atom is 0.315 e. The molecule has 24 heavy (non-hydrogen) atoms. The number of nitrogens with one attached hydrogen (secondary N) is 2. The second-order valence-electron chi connectivity index (χ2n) is 5.73. The lowest BCUT2D eigenvalue weighted by Crippen LogP contribution is -2.36. The van der Waals surface area contributed by atoms with Crippen molar-refractivity contribution in [2.45, 2.75) is 33.7 Å². The van der Waals surface area contributed by atoms with Crippen molar-refractivity contribution in [2.24, 2.45) is 0 Å². The number of carbonyl (C=O) groups excluding carboxylic acids is 3. The summed E-state index contributed by atoms with van der Waals surface area (Å²) >= 11 is 0. The van der Waals surface area contributed by atoms with Crippen LogP contribution in [0.4, 0.5) is 4.79 Å². The van der Waals surface area contributed by atoms with Crippen LogP contribution in [0, 0.1) is 0 Å². The van der Waals surface area contributed by atoms with Gasteiger partial charge in [-0.1, -0.05) is 0 Å². The molecule has 2 N–H and O–H groups in total. The minimum Gasteiger partial charge on any atom is -0.338 e. The molecule has 0 unspecified atom stereocenters. The van der Waals surface area contributed by atoms with Gasteiger partial charge in [0, 0.05) is 47.8 Å². The van der Waals surface area contributed by atoms with Gasteiger partial charge in [-0.15, -0.1) is 0 Å². The number of amides is 2. The molecule has 2 rings (SSSR count). The Morgan fingerprint density at radius 1 is 0.958 bits per heavy atom. The lowest BCUT2D eigenvalue weighted by atomic mass is 9.84. The maximum absolute atomic E-state index is 12.3. The third-order valence-corrected chi connectivity index (χ3v) is 4.17. The van der Waals surface area contributed by atoms with E-state index in [4.69, 9.17) is 0 Å². The Bertz CT molecular complexity index is 733. The number of carbonyl (C=O) groups is 3. The van der Waals surface area contributed by atoms with Crippen LogP contribution in [0.1, 0.15) is 32.8 Å². The molecule has 2 amide bonds. The molecule has 0 spiro atoms. The Balaban J connectivity index is 1.84. The van der Waals surface area contributed by atoms with E-state index in [2.05, 4.69) is 15.6 Å². The van der Waals surface area contributed by atoms with Crippen LogP contribution < -0.4 is 10.6 Å². The molecule has 0 bridgehead atoms. The molecule has 0 fully saturated rings. The van der Waals surface area contributed by atoms with E-state index in [0.717, 1.165) is 5.56 Å². The molecule has 1 heterocycles. The molecule has 1 aliphatic carbocycles. The highest BCUT2D eigenvalue weighted by Crippen LogP contribution is 2.25. The zero-order valence-corrected chi connectivity index (χ0v) is 14.1. The summed E-state index contributed by atoms with van der Waals surface area (Å²) in [5, 5.41) is 5.43. The number of Topliss-reactive ketones (excluding diaryl/α,β-unsaturated/α-hetero) is 2. The van der Waals surface area contributed by atoms with Crippen molar-refractivity contribution in [3.05, 3.63) is 52.4 Å². The van der Waals surface area contributed by atoms with E-state index in [-0.39, 0.29) is 17.6 Å². The zero-order chi connectivity index (χ0) is 17.7. The van der Waals surface area contributed by atoms with Crippen molar-refractivity contribution in [3.63, 3.8) is 0 Å². The summed E-state index contributed by atoms with van der Waals surface area (Å²) in [4.78, 5) is 40.0. The summed E-state index contributed by atoms with van der Waals surface area (Å²) in [6.07, 6.45) is 3.66. The van der Waals surface area contributed by atoms with Crippen molar-refractivity contribution in [1.82, 2.24) is 15.6 Å². The van der Waals surface area contributed by atoms with E-state index in [9.17, 15) is 14.4 Å². The number of urea groups is 1. The van der Waals surface area contributed by atoms with Crippen molar-refractivity contribution >= 4 is 17.6 Å². The molecule has 1 aromatic heterocycles. The van der Waals surface area contributed by atoms with Crippen LogP contribution in [0.2, 0.25) is 0 Å². The van der Waals surface area contributed by atoms with E-state index in [1.807, 2.05) is 12.1 Å². The topological polar surface area (TPSA) is 88.2 Å². The van der Waals surface area contributed by atoms with Gasteiger partial charge in [-0.2, -0.15) is 0 Å². The fourth-order valence-corrected chi connectivity index (χ4v) is 2.50. The van der Waals surface area contributed by atoms with Crippen LogP contribution in [-0.2, 0) is 16.1 Å². The van der Waals surface area contributed by atoms with E-state index < -0.39 is 0 Å². The van der Waals surface area contributed by atoms with Crippen molar-refractivity contribution in [3.8, 4) is 0 Å². The van der Waals surface area contributed by atoms with Crippen molar-refractivity contribution in [1.29, 1.82) is 0 Å². The summed E-state index contributed by atoms with van der Waals surface area (Å²) in [5.41, 5.74) is 2.90. The van der Waals surface area contributed by atoms with Gasteiger partial charge in [-0.3, -0.25) is 14.6 Å². The summed E-state index contributed by atoms with van der Waals surface area (Å²) in [7, 11) is 0. The van der Waals surface area contributed by atoms with Crippen LogP contribution in [0.15, 0.2) is 46.8 Å². The highest BCUT2D eigenvalue weighted by atomic mass is 16.2. The highest BCUT2D eigenvalue weighted by molar-refractivity contribution is 6.24. The third-order valence-electron chi connectivity index (χ3n) is 4.17. The van der Waals surface area contributed by atoms with Gasteiger partial charge in [0.25, 0.3) is 0 Å². The number of rotatable bonds is 5. The fraction of sp³-hybridized carbons (Fsp3) is 0.333. The number of aromatic nitrogens is 1. The predicted octanol–water partition coefficient (Wildman–Crippen LogP) is 2.08. The molecule has 1 aliphatic rings. The summed E-state index contributed by atoms with van der Waals surface area (Å²) < 4.78 is 0. The molecule has 0 aromatic carbocycles. The van der Waals surface area contributed by atoms with E-state index >= 15 is 0 Å². The maximum atomic E-state index is 12.3. The van der Waals surface area contributed by atoms with Gasteiger partial charge in [0.1, 0.15) is 0 Å². The molecule has 0 atom stereocenters. The monoisotopic (exact) mass is 327 g/mol. The molecule has 6 nitrogen and oxygen atoms in total. The van der Waals surface area contributed by atoms with Crippen molar-refractivity contribution < 1.29 is 14.4 Å². The number of pyridine rings is 1. The van der Waals surface area contributed by atoms with E-state index in [0.29, 0.717) is 41.8 Å². The largest absolute Gasteiger partial charge is 0.338 e. The molecule has 0 saturated carbocycles. The minimum atomic E-state index is -0.317. The van der Waals surface area contributed by atoms with Gasteiger partial charge < -0.3 is 10.6 Å². The first-order chi connectivity index (χ1) is 11.4. The van der Waals surface area contributed by atoms with Gasteiger partial charge in [-0.05, 0) is 44.9 Å². The fourth-order valence-electron chi connectivity index (χ4n) is 2.50. The zero-order valence-electron chi connectivity index (χ0n) is 14.1. The summed E-state index contributed by atoms with van der Waals surface area (Å²) in [5.74, 6) is -0.201. The van der Waals surface area contributed by atoms with Crippen LogP contribution in [0.3, 0.4) is 0 Å². The van der Waals surface area contributed by atoms with Gasteiger partial charge >= 0.3 is 6.03 Å². The number of hydrogen-bond donors (Lipinski definition) is 2. The first kappa shape index (κ1) is 17.6.